The molecule has 0 bridgehead atoms. The van der Waals surface area contributed by atoms with Gasteiger partial charge in [-0.3, -0.25) is 4.79 Å². The topological polar surface area (TPSA) is 85.2 Å². The number of nitrogens with zero attached hydrogens (tertiary/aromatic N) is 1. The molecule has 96 valence electrons. The van der Waals surface area contributed by atoms with E-state index in [0.29, 0.717) is 27.9 Å². The van der Waals surface area contributed by atoms with Crippen LogP contribution in [0.2, 0.25) is 0 Å². The van der Waals surface area contributed by atoms with Crippen molar-refractivity contribution in [2.24, 2.45) is 0 Å². The molecule has 3 aromatic rings. The van der Waals surface area contributed by atoms with Gasteiger partial charge < -0.3 is 14.1 Å². The summed E-state index contributed by atoms with van der Waals surface area (Å²) in [5.74, 6) is -0.0401. The number of pyridine rings is 1. The third-order valence-corrected chi connectivity index (χ3v) is 2.88. The van der Waals surface area contributed by atoms with Crippen LogP contribution in [0.3, 0.4) is 0 Å². The number of carbonyl (C=O) groups excluding carboxylic acids is 1. The van der Waals surface area contributed by atoms with E-state index in [4.69, 9.17) is 4.42 Å². The number of esters is 1. The highest BCUT2D eigenvalue weighted by Crippen LogP contribution is 2.23. The average Bonchev–Trinajstić information content (AvgIpc) is 2.80. The Labute approximate surface area is 107 Å². The molecule has 1 aromatic carbocycles. The Kier molecular flexibility index (Phi) is 2.38. The van der Waals surface area contributed by atoms with Crippen molar-refractivity contribution < 1.29 is 13.9 Å². The van der Waals surface area contributed by atoms with Crippen molar-refractivity contribution in [2.75, 3.05) is 7.11 Å². The molecule has 0 amide bonds. The minimum Gasteiger partial charge on any atom is -0.465 e. The monoisotopic (exact) mass is 258 g/mol. The first-order chi connectivity index (χ1) is 9.10. The van der Waals surface area contributed by atoms with Gasteiger partial charge in [-0.2, -0.15) is 0 Å². The fourth-order valence-electron chi connectivity index (χ4n) is 2.04. The molecule has 0 saturated carbocycles. The second-order valence-electron chi connectivity index (χ2n) is 4.12. The number of aryl methyl sites for hydroxylation is 1. The van der Waals surface area contributed by atoms with Gasteiger partial charge >= 0.3 is 5.97 Å². The van der Waals surface area contributed by atoms with Crippen molar-refractivity contribution in [3.8, 4) is 0 Å². The van der Waals surface area contributed by atoms with Crippen molar-refractivity contribution in [3.63, 3.8) is 0 Å². The van der Waals surface area contributed by atoms with E-state index in [9.17, 15) is 9.59 Å². The van der Waals surface area contributed by atoms with Gasteiger partial charge in [0.2, 0.25) is 0 Å². The van der Waals surface area contributed by atoms with Crippen LogP contribution in [0.4, 0.5) is 0 Å². The van der Waals surface area contributed by atoms with E-state index >= 15 is 0 Å². The van der Waals surface area contributed by atoms with E-state index in [1.54, 1.807) is 25.1 Å². The zero-order chi connectivity index (χ0) is 13.6. The predicted octanol–water partition coefficient (Wildman–Crippen LogP) is 1.76. The van der Waals surface area contributed by atoms with E-state index in [1.165, 1.54) is 7.11 Å². The summed E-state index contributed by atoms with van der Waals surface area (Å²) in [5.41, 5.74) is 1.21. The lowest BCUT2D eigenvalue weighted by Gasteiger charge is -2.02. The van der Waals surface area contributed by atoms with E-state index in [2.05, 4.69) is 14.7 Å². The van der Waals surface area contributed by atoms with Crippen LogP contribution < -0.4 is 5.56 Å². The fourth-order valence-corrected chi connectivity index (χ4v) is 2.04. The number of ether oxygens (including phenoxy) is 1. The molecule has 0 aliphatic carbocycles. The van der Waals surface area contributed by atoms with Crippen LogP contribution in [0.1, 0.15) is 16.2 Å². The number of carbonyl (C=O) groups is 1. The number of methoxy groups -OCH3 is 1. The van der Waals surface area contributed by atoms with Crippen molar-refractivity contribution >= 4 is 28.0 Å². The lowest BCUT2D eigenvalue weighted by Crippen LogP contribution is -2.07. The number of nitrogens with one attached hydrogen (secondary N) is 1. The number of hydrogen-bond acceptors (Lipinski definition) is 5. The maximum absolute atomic E-state index is 11.9. The number of hydrogen-bond donors (Lipinski definition) is 1. The molecule has 0 atom stereocenters. The summed E-state index contributed by atoms with van der Waals surface area (Å²) in [6.45, 7) is 1.67. The smallest absolute Gasteiger partial charge is 0.337 e. The summed E-state index contributed by atoms with van der Waals surface area (Å²) in [6, 6.07) is 4.87. The number of fused-ring (bicyclic) bond motifs is 3. The Morgan fingerprint density at radius 2 is 2.21 bits per heavy atom. The average molecular weight is 258 g/mol. The number of rotatable bonds is 1. The largest absolute Gasteiger partial charge is 0.465 e. The molecule has 0 unspecified atom stereocenters. The molecular formula is C13H10N2O4. The normalized spacial score (nSPS) is 11.1. The van der Waals surface area contributed by atoms with Crippen LogP contribution in [0.25, 0.3) is 22.0 Å². The maximum Gasteiger partial charge on any atom is 0.337 e. The van der Waals surface area contributed by atoms with Gasteiger partial charge in [-0.05, 0) is 18.2 Å². The summed E-state index contributed by atoms with van der Waals surface area (Å²) in [7, 11) is 1.30. The lowest BCUT2D eigenvalue weighted by atomic mass is 10.1. The summed E-state index contributed by atoms with van der Waals surface area (Å²) in [4.78, 5) is 30.0. The molecule has 2 aromatic heterocycles. The van der Waals surface area contributed by atoms with Crippen molar-refractivity contribution in [3.05, 3.63) is 40.0 Å². The molecule has 19 heavy (non-hydrogen) atoms. The van der Waals surface area contributed by atoms with Gasteiger partial charge in [0.15, 0.2) is 17.0 Å². The molecule has 0 fully saturated rings. The number of benzene rings is 1. The molecule has 0 spiro atoms. The number of H-pyrrole nitrogens is 1. The van der Waals surface area contributed by atoms with Crippen LogP contribution in [0.5, 0.6) is 0 Å². The van der Waals surface area contributed by atoms with E-state index in [-0.39, 0.29) is 11.1 Å². The highest BCUT2D eigenvalue weighted by Gasteiger charge is 2.13. The number of oxazole rings is 1. The summed E-state index contributed by atoms with van der Waals surface area (Å²) in [6.07, 6.45) is 0. The quantitative estimate of drug-likeness (QED) is 0.672. The van der Waals surface area contributed by atoms with Crippen molar-refractivity contribution in [2.45, 2.75) is 6.92 Å². The Bertz CT molecular complexity index is 860. The first kappa shape index (κ1) is 11.5. The minimum atomic E-state index is -0.461. The standard InChI is InChI=1S/C13H10N2O4/c1-6-14-10-11(19-6)8-4-3-7(13(17)18-2)5-9(8)15-12(10)16/h3-5H,1-2H3,(H,15,16). The van der Waals surface area contributed by atoms with Gasteiger partial charge in [-0.15, -0.1) is 0 Å². The van der Waals surface area contributed by atoms with Crippen molar-refractivity contribution in [1.82, 2.24) is 9.97 Å². The molecule has 6 nitrogen and oxygen atoms in total. The lowest BCUT2D eigenvalue weighted by molar-refractivity contribution is 0.0601. The first-order valence-corrected chi connectivity index (χ1v) is 5.61. The molecule has 2 heterocycles. The van der Waals surface area contributed by atoms with E-state index < -0.39 is 5.97 Å². The van der Waals surface area contributed by atoms with Crippen LogP contribution in [-0.2, 0) is 4.74 Å². The molecule has 0 aliphatic rings. The molecular weight excluding hydrogens is 248 g/mol. The predicted molar refractivity (Wildman–Crippen MR) is 68.2 cm³/mol. The molecule has 1 N–H and O–H groups in total. The van der Waals surface area contributed by atoms with Gasteiger partial charge in [0, 0.05) is 12.3 Å². The zero-order valence-electron chi connectivity index (χ0n) is 10.3. The number of aromatic amines is 1. The van der Waals surface area contributed by atoms with Crippen LogP contribution in [-0.4, -0.2) is 23.0 Å². The van der Waals surface area contributed by atoms with Crippen LogP contribution >= 0.6 is 0 Å². The van der Waals surface area contributed by atoms with Gasteiger partial charge in [0.25, 0.3) is 5.56 Å². The Morgan fingerprint density at radius 3 is 2.95 bits per heavy atom. The third-order valence-electron chi connectivity index (χ3n) is 2.88. The molecule has 0 radical (unpaired) electrons. The summed E-state index contributed by atoms with van der Waals surface area (Å²) >= 11 is 0. The summed E-state index contributed by atoms with van der Waals surface area (Å²) in [5, 5.41) is 0.697. The second-order valence-corrected chi connectivity index (χ2v) is 4.12. The zero-order valence-corrected chi connectivity index (χ0v) is 10.3. The molecule has 3 rings (SSSR count). The SMILES string of the molecule is COC(=O)c1ccc2c(c1)[nH]c(=O)c1nc(C)oc12. The molecule has 0 aliphatic heterocycles. The van der Waals surface area contributed by atoms with Crippen LogP contribution in [0.15, 0.2) is 27.4 Å². The third kappa shape index (κ3) is 1.69. The summed E-state index contributed by atoms with van der Waals surface area (Å²) < 4.78 is 10.1. The van der Waals surface area contributed by atoms with Crippen LogP contribution in [0, 0.1) is 6.92 Å². The number of aromatic nitrogens is 2. The highest BCUT2D eigenvalue weighted by atomic mass is 16.5. The maximum atomic E-state index is 11.9. The van der Waals surface area contributed by atoms with Gasteiger partial charge in [-0.25, -0.2) is 9.78 Å². The van der Waals surface area contributed by atoms with Gasteiger partial charge in [0.05, 0.1) is 18.2 Å². The second kappa shape index (κ2) is 3.94. The van der Waals surface area contributed by atoms with Gasteiger partial charge in [-0.1, -0.05) is 0 Å². The minimum absolute atomic E-state index is 0.260. The van der Waals surface area contributed by atoms with Gasteiger partial charge in [0.1, 0.15) is 0 Å². The highest BCUT2D eigenvalue weighted by molar-refractivity contribution is 6.03. The Balaban J connectivity index is 2.39. The van der Waals surface area contributed by atoms with Crippen molar-refractivity contribution in [1.29, 1.82) is 0 Å². The molecule has 6 heteroatoms. The molecule has 0 saturated heterocycles. The van der Waals surface area contributed by atoms with E-state index in [1.807, 2.05) is 0 Å². The first-order valence-electron chi connectivity index (χ1n) is 5.61. The Morgan fingerprint density at radius 1 is 1.42 bits per heavy atom. The Hall–Kier alpha value is -2.63. The van der Waals surface area contributed by atoms with E-state index in [0.717, 1.165) is 0 Å². The fraction of sp³-hybridized carbons (Fsp3) is 0.154.